The number of anilines is 2. The van der Waals surface area contributed by atoms with Gasteiger partial charge in [-0.3, -0.25) is 14.4 Å². The second-order valence-corrected chi connectivity index (χ2v) is 13.7. The van der Waals surface area contributed by atoms with Crippen molar-refractivity contribution in [2.24, 2.45) is 0 Å². The SMILES string of the molecule is Nc1c(Br)cc(C[C@@H](NC(=O)CCCc2ccccc2)C(=O)N[C@@H](CCCCNC(=O)OCc2ccccc2)C(=O)Nc2ccccc2)cc1Br. The molecular weight excluding hydrogens is 778 g/mol. The first-order chi connectivity index (χ1) is 24.7. The molecule has 4 aromatic rings. The first kappa shape index (κ1) is 39.1. The van der Waals surface area contributed by atoms with Gasteiger partial charge in [0, 0.05) is 34.0 Å². The molecule has 4 aromatic carbocycles. The number of hydrogen-bond acceptors (Lipinski definition) is 6. The van der Waals surface area contributed by atoms with Crippen LogP contribution in [0, 0.1) is 0 Å². The number of carbonyl (C=O) groups is 4. The van der Waals surface area contributed by atoms with Gasteiger partial charge in [0.1, 0.15) is 18.7 Å². The number of nitrogen functional groups attached to an aromatic ring is 1. The number of nitrogens with two attached hydrogens (primary N) is 1. The van der Waals surface area contributed by atoms with E-state index in [1.165, 1.54) is 0 Å². The third kappa shape index (κ3) is 13.9. The lowest BCUT2D eigenvalue weighted by Gasteiger charge is -2.24. The molecule has 0 spiro atoms. The molecule has 0 radical (unpaired) electrons. The number of alkyl carbamates (subject to hydrolysis) is 1. The van der Waals surface area contributed by atoms with Crippen LogP contribution >= 0.6 is 31.9 Å². The summed E-state index contributed by atoms with van der Waals surface area (Å²) >= 11 is 6.92. The minimum atomic E-state index is -0.968. The first-order valence-electron chi connectivity index (χ1n) is 16.9. The Kier molecular flexibility index (Phi) is 16.0. The fourth-order valence-corrected chi connectivity index (χ4v) is 6.58. The maximum Gasteiger partial charge on any atom is 0.407 e. The normalized spacial score (nSPS) is 11.9. The zero-order valence-electron chi connectivity index (χ0n) is 28.2. The molecule has 4 rings (SSSR count). The fraction of sp³-hybridized carbons (Fsp3) is 0.282. The summed E-state index contributed by atoms with van der Waals surface area (Å²) in [5.74, 6) is -1.16. The molecule has 0 aliphatic rings. The molecule has 51 heavy (non-hydrogen) atoms. The van der Waals surface area contributed by atoms with Gasteiger partial charge in [0.2, 0.25) is 17.7 Å². The molecule has 0 aliphatic heterocycles. The van der Waals surface area contributed by atoms with E-state index in [2.05, 4.69) is 53.1 Å². The quantitative estimate of drug-likeness (QED) is 0.0536. The molecule has 0 unspecified atom stereocenters. The number of halogens is 2. The molecule has 10 nitrogen and oxygen atoms in total. The van der Waals surface area contributed by atoms with E-state index in [9.17, 15) is 19.2 Å². The van der Waals surface area contributed by atoms with E-state index in [1.54, 1.807) is 36.4 Å². The van der Waals surface area contributed by atoms with Gasteiger partial charge in [0.15, 0.2) is 0 Å². The van der Waals surface area contributed by atoms with E-state index in [0.717, 1.165) is 23.1 Å². The Balaban J connectivity index is 1.40. The van der Waals surface area contributed by atoms with E-state index in [1.807, 2.05) is 66.7 Å². The highest BCUT2D eigenvalue weighted by Crippen LogP contribution is 2.30. The van der Waals surface area contributed by atoms with Crippen molar-refractivity contribution in [2.75, 3.05) is 17.6 Å². The average Bonchev–Trinajstić information content (AvgIpc) is 3.13. The Morgan fingerprint density at radius 1 is 0.686 bits per heavy atom. The lowest BCUT2D eigenvalue weighted by Crippen LogP contribution is -2.53. The van der Waals surface area contributed by atoms with Crippen LogP contribution in [0.5, 0.6) is 0 Å². The van der Waals surface area contributed by atoms with Gasteiger partial charge in [-0.25, -0.2) is 4.79 Å². The van der Waals surface area contributed by atoms with Crippen LogP contribution in [0.3, 0.4) is 0 Å². The molecule has 2 atom stereocenters. The summed E-state index contributed by atoms with van der Waals surface area (Å²) < 4.78 is 6.57. The van der Waals surface area contributed by atoms with Gasteiger partial charge in [-0.1, -0.05) is 78.9 Å². The van der Waals surface area contributed by atoms with E-state index in [4.69, 9.17) is 10.5 Å². The maximum absolute atomic E-state index is 13.9. The standard InChI is InChI=1S/C39H43Br2N5O5/c40-31-23-29(24-32(41)36(31)42)25-34(45-35(47)21-12-17-27-13-4-1-5-14-27)38(49)46-33(37(48)44-30-18-8-3-9-19-30)20-10-11-22-43-39(50)51-26-28-15-6-2-7-16-28/h1-9,13-16,18-19,23-24,33-34H,10-12,17,20-22,25-26,42H2,(H,43,50)(H,44,48)(H,45,47)(H,46,49)/t33-,34+/m0/s1. The first-order valence-corrected chi connectivity index (χ1v) is 18.4. The Labute approximate surface area is 315 Å². The van der Waals surface area contributed by atoms with Gasteiger partial charge in [0.25, 0.3) is 0 Å². The van der Waals surface area contributed by atoms with Crippen LogP contribution in [0.2, 0.25) is 0 Å². The number of unbranched alkanes of at least 4 members (excludes halogenated alkanes) is 1. The van der Waals surface area contributed by atoms with Crippen LogP contribution in [0.1, 0.15) is 48.8 Å². The third-order valence-corrected chi connectivity index (χ3v) is 9.33. The lowest BCUT2D eigenvalue weighted by atomic mass is 10.0. The van der Waals surface area contributed by atoms with Crippen molar-refractivity contribution in [2.45, 2.75) is 63.6 Å². The summed E-state index contributed by atoms with van der Waals surface area (Å²) in [7, 11) is 0. The smallest absolute Gasteiger partial charge is 0.407 e. The van der Waals surface area contributed by atoms with Crippen molar-refractivity contribution >= 4 is 67.0 Å². The van der Waals surface area contributed by atoms with Crippen molar-refractivity contribution in [1.82, 2.24) is 16.0 Å². The summed E-state index contributed by atoms with van der Waals surface area (Å²) in [4.78, 5) is 52.8. The summed E-state index contributed by atoms with van der Waals surface area (Å²) in [5.41, 5.74) is 9.96. The summed E-state index contributed by atoms with van der Waals surface area (Å²) in [5, 5.41) is 11.4. The van der Waals surface area contributed by atoms with Crippen LogP contribution in [0.15, 0.2) is 112 Å². The van der Waals surface area contributed by atoms with Crippen molar-refractivity contribution in [3.05, 3.63) is 129 Å². The van der Waals surface area contributed by atoms with Gasteiger partial charge in [-0.05, 0) is 105 Å². The van der Waals surface area contributed by atoms with Crippen molar-refractivity contribution in [3.8, 4) is 0 Å². The fourth-order valence-electron chi connectivity index (χ4n) is 5.29. The van der Waals surface area contributed by atoms with Crippen LogP contribution in [0.4, 0.5) is 16.2 Å². The van der Waals surface area contributed by atoms with E-state index in [-0.39, 0.29) is 25.4 Å². The maximum atomic E-state index is 13.9. The molecule has 6 N–H and O–H groups in total. The lowest BCUT2D eigenvalue weighted by molar-refractivity contribution is -0.131. The van der Waals surface area contributed by atoms with Crippen LogP contribution in [-0.2, 0) is 38.6 Å². The number of aryl methyl sites for hydroxylation is 1. The van der Waals surface area contributed by atoms with Gasteiger partial charge >= 0.3 is 6.09 Å². The van der Waals surface area contributed by atoms with E-state index < -0.39 is 30.0 Å². The van der Waals surface area contributed by atoms with Gasteiger partial charge < -0.3 is 31.7 Å². The minimum Gasteiger partial charge on any atom is -0.445 e. The van der Waals surface area contributed by atoms with Crippen LogP contribution in [0.25, 0.3) is 0 Å². The van der Waals surface area contributed by atoms with Crippen molar-refractivity contribution in [3.63, 3.8) is 0 Å². The predicted molar refractivity (Wildman–Crippen MR) is 207 cm³/mol. The highest BCUT2D eigenvalue weighted by atomic mass is 79.9. The molecule has 0 aromatic heterocycles. The molecule has 0 bridgehead atoms. The van der Waals surface area contributed by atoms with Crippen molar-refractivity contribution < 1.29 is 23.9 Å². The molecule has 0 saturated carbocycles. The number of rotatable bonds is 18. The van der Waals surface area contributed by atoms with E-state index in [0.29, 0.717) is 52.5 Å². The summed E-state index contributed by atoms with van der Waals surface area (Å²) in [6, 6.07) is 30.0. The molecule has 0 fully saturated rings. The van der Waals surface area contributed by atoms with Crippen LogP contribution in [-0.4, -0.2) is 42.4 Å². The van der Waals surface area contributed by atoms with E-state index >= 15 is 0 Å². The summed E-state index contributed by atoms with van der Waals surface area (Å²) in [6.07, 6.45) is 2.54. The number of para-hydroxylation sites is 1. The van der Waals surface area contributed by atoms with Gasteiger partial charge in [0.05, 0.1) is 5.69 Å². The number of hydrogen-bond donors (Lipinski definition) is 5. The highest BCUT2D eigenvalue weighted by molar-refractivity contribution is 9.11. The molecule has 12 heteroatoms. The molecule has 0 aliphatic carbocycles. The number of benzene rings is 4. The molecule has 268 valence electrons. The second kappa shape index (κ2) is 20.9. The van der Waals surface area contributed by atoms with Gasteiger partial charge in [-0.15, -0.1) is 0 Å². The zero-order chi connectivity index (χ0) is 36.4. The number of nitrogens with one attached hydrogen (secondary N) is 4. The Morgan fingerprint density at radius 2 is 1.29 bits per heavy atom. The average molecular weight is 822 g/mol. The third-order valence-electron chi connectivity index (χ3n) is 8.02. The Hall–Kier alpha value is -4.68. The van der Waals surface area contributed by atoms with Crippen LogP contribution < -0.4 is 27.0 Å². The predicted octanol–water partition coefficient (Wildman–Crippen LogP) is 7.06. The number of amides is 4. The topological polar surface area (TPSA) is 152 Å². The molecule has 0 saturated heterocycles. The molecule has 4 amide bonds. The highest BCUT2D eigenvalue weighted by Gasteiger charge is 2.27. The summed E-state index contributed by atoms with van der Waals surface area (Å²) in [6.45, 7) is 0.493. The second-order valence-electron chi connectivity index (χ2n) is 12.0. The van der Waals surface area contributed by atoms with Crippen molar-refractivity contribution in [1.29, 1.82) is 0 Å². The number of ether oxygens (including phenoxy) is 1. The zero-order valence-corrected chi connectivity index (χ0v) is 31.4. The molecular formula is C39H43Br2N5O5. The minimum absolute atomic E-state index is 0.162. The number of carbonyl (C=O) groups excluding carboxylic acids is 4. The largest absolute Gasteiger partial charge is 0.445 e. The Morgan fingerprint density at radius 3 is 1.94 bits per heavy atom. The monoisotopic (exact) mass is 819 g/mol. The Bertz CT molecular complexity index is 1710. The molecule has 0 heterocycles. The van der Waals surface area contributed by atoms with Gasteiger partial charge in [-0.2, -0.15) is 0 Å².